The molecule has 0 aliphatic heterocycles. The third kappa shape index (κ3) is 5.56. The molecule has 0 radical (unpaired) electrons. The van der Waals surface area contributed by atoms with Crippen LogP contribution >= 0.6 is 0 Å². The molecule has 0 unspecified atom stereocenters. The molecule has 2 heteroatoms. The predicted octanol–water partition coefficient (Wildman–Crippen LogP) is 15.4. The molecule has 0 saturated heterocycles. The monoisotopic (exact) mass is 768 g/mol. The van der Waals surface area contributed by atoms with E-state index in [0.29, 0.717) is 17.5 Å². The second kappa shape index (κ2) is 13.9. The van der Waals surface area contributed by atoms with Crippen molar-refractivity contribution >= 4 is 5.69 Å². The molecule has 0 amide bonds. The van der Waals surface area contributed by atoms with Gasteiger partial charge in [0.05, 0.1) is 18.0 Å². The van der Waals surface area contributed by atoms with E-state index in [0.717, 1.165) is 34.4 Å². The van der Waals surface area contributed by atoms with Crippen molar-refractivity contribution in [2.45, 2.75) is 37.5 Å². The summed E-state index contributed by atoms with van der Waals surface area (Å²) in [5.74, 6) is 3.03. The van der Waals surface area contributed by atoms with Crippen molar-refractivity contribution in [3.63, 3.8) is 0 Å². The maximum Gasteiger partial charge on any atom is 0.187 e. The van der Waals surface area contributed by atoms with Crippen LogP contribution in [-0.2, 0) is 5.41 Å². The minimum absolute atomic E-state index is 0.0137. The Labute approximate surface area is 353 Å². The fourth-order valence-corrected chi connectivity index (χ4v) is 12.3. The van der Waals surface area contributed by atoms with Crippen LogP contribution in [0.3, 0.4) is 0 Å². The van der Waals surface area contributed by atoms with Gasteiger partial charge in [0.2, 0.25) is 0 Å². The van der Waals surface area contributed by atoms with E-state index < -0.39 is 0 Å². The highest BCUT2D eigenvalue weighted by atomic mass is 14.7. The zero-order valence-corrected chi connectivity index (χ0v) is 33.6. The number of rotatable bonds is 6. The van der Waals surface area contributed by atoms with Crippen molar-refractivity contribution in [1.29, 1.82) is 0 Å². The highest BCUT2D eigenvalue weighted by Crippen LogP contribution is 2.70. The molecule has 60 heavy (non-hydrogen) atoms. The molecule has 7 aromatic carbocycles. The van der Waals surface area contributed by atoms with E-state index in [1.165, 1.54) is 93.3 Å². The summed E-state index contributed by atoms with van der Waals surface area (Å²) in [4.78, 5) is 9.09. The average Bonchev–Trinajstić information content (AvgIpc) is 3.61. The van der Waals surface area contributed by atoms with Crippen LogP contribution in [0, 0.1) is 30.2 Å². The van der Waals surface area contributed by atoms with Gasteiger partial charge in [-0.1, -0.05) is 164 Å². The Hall–Kier alpha value is -6.82. The standard InChI is InChI=1S/C58H44N2/c1-59-50-26-23-43(24-27-50)51-13-8-14-53-57(51)52-28-25-46(34-54(52)58(53)48-30-37-29-38(32-48)33-49(58)31-37)47-35-55(44-19-15-41(16-20-44)39-9-4-2-5-10-39)60-56(36-47)45-21-17-42(18-22-45)40-11-6-3-7-12-40/h2-28,34-38,48-49H,29-33H2. The molecule has 0 N–H and O–H groups in total. The van der Waals surface area contributed by atoms with Crippen molar-refractivity contribution in [2.24, 2.45) is 23.7 Å². The zero-order valence-electron chi connectivity index (χ0n) is 33.6. The van der Waals surface area contributed by atoms with Crippen molar-refractivity contribution in [3.05, 3.63) is 205 Å². The molecule has 0 atom stereocenters. The Morgan fingerprint density at radius 1 is 0.400 bits per heavy atom. The molecule has 2 nitrogen and oxygen atoms in total. The Morgan fingerprint density at radius 3 is 1.45 bits per heavy atom. The van der Waals surface area contributed by atoms with E-state index in [2.05, 4.69) is 175 Å². The highest BCUT2D eigenvalue weighted by molar-refractivity contribution is 5.95. The van der Waals surface area contributed by atoms with Gasteiger partial charge in [0.15, 0.2) is 5.69 Å². The highest BCUT2D eigenvalue weighted by Gasteiger charge is 2.61. The van der Waals surface area contributed by atoms with Crippen LogP contribution in [0.25, 0.3) is 83.0 Å². The van der Waals surface area contributed by atoms with E-state index in [9.17, 15) is 0 Å². The number of nitrogens with zero attached hydrogens (tertiary/aromatic N) is 2. The van der Waals surface area contributed by atoms with Gasteiger partial charge in [-0.25, -0.2) is 9.83 Å². The summed E-state index contributed by atoms with van der Waals surface area (Å²) >= 11 is 0. The Kier molecular flexibility index (Phi) is 8.14. The van der Waals surface area contributed by atoms with Gasteiger partial charge < -0.3 is 0 Å². The smallest absolute Gasteiger partial charge is 0.187 e. The second-order valence-corrected chi connectivity index (χ2v) is 17.8. The maximum absolute atomic E-state index is 7.58. The summed E-state index contributed by atoms with van der Waals surface area (Å²) in [6.45, 7) is 7.58. The summed E-state index contributed by atoms with van der Waals surface area (Å²) in [5.41, 5.74) is 20.5. The van der Waals surface area contributed by atoms with Crippen LogP contribution in [0.2, 0.25) is 0 Å². The summed E-state index contributed by atoms with van der Waals surface area (Å²) in [6, 6.07) is 66.4. The van der Waals surface area contributed by atoms with Gasteiger partial charge in [-0.05, 0) is 141 Å². The number of fused-ring (bicyclic) bond motifs is 3. The Balaban J connectivity index is 1.03. The number of hydrogen-bond donors (Lipinski definition) is 0. The normalized spacial score (nSPS) is 21.7. The molecule has 4 bridgehead atoms. The zero-order chi connectivity index (χ0) is 39.8. The Morgan fingerprint density at radius 2 is 0.900 bits per heavy atom. The van der Waals surface area contributed by atoms with Gasteiger partial charge in [-0.15, -0.1) is 0 Å². The number of hydrogen-bond acceptors (Lipinski definition) is 1. The first-order chi connectivity index (χ1) is 29.6. The van der Waals surface area contributed by atoms with Crippen molar-refractivity contribution < 1.29 is 0 Å². The molecule has 8 aromatic rings. The largest absolute Gasteiger partial charge is 0.248 e. The third-order valence-electron chi connectivity index (χ3n) is 14.7. The molecule has 4 fully saturated rings. The van der Waals surface area contributed by atoms with Crippen LogP contribution in [0.15, 0.2) is 182 Å². The molecule has 5 aliphatic rings. The van der Waals surface area contributed by atoms with E-state index >= 15 is 0 Å². The molecule has 1 heterocycles. The first-order valence-electron chi connectivity index (χ1n) is 21.7. The molecule has 4 saturated carbocycles. The quantitative estimate of drug-likeness (QED) is 0.154. The lowest BCUT2D eigenvalue weighted by Crippen LogP contribution is -2.55. The molecule has 1 spiro atoms. The van der Waals surface area contributed by atoms with Gasteiger partial charge in [0.25, 0.3) is 0 Å². The van der Waals surface area contributed by atoms with E-state index in [4.69, 9.17) is 11.6 Å². The minimum Gasteiger partial charge on any atom is -0.248 e. The summed E-state index contributed by atoms with van der Waals surface area (Å²) in [5, 5.41) is 0. The van der Waals surface area contributed by atoms with Crippen LogP contribution in [0.5, 0.6) is 0 Å². The fourth-order valence-electron chi connectivity index (χ4n) is 12.3. The first-order valence-corrected chi connectivity index (χ1v) is 21.7. The first kappa shape index (κ1) is 35.2. The number of aromatic nitrogens is 1. The van der Waals surface area contributed by atoms with Gasteiger partial charge in [0.1, 0.15) is 0 Å². The van der Waals surface area contributed by atoms with Crippen LogP contribution in [0.1, 0.15) is 43.2 Å². The minimum atomic E-state index is 0.0137. The molecule has 5 aliphatic carbocycles. The lowest BCUT2D eigenvalue weighted by molar-refractivity contribution is -0.0399. The van der Waals surface area contributed by atoms with E-state index in [1.807, 2.05) is 12.1 Å². The molecule has 13 rings (SSSR count). The van der Waals surface area contributed by atoms with Gasteiger partial charge in [0, 0.05) is 16.5 Å². The third-order valence-corrected chi connectivity index (χ3v) is 14.7. The average molecular weight is 769 g/mol. The predicted molar refractivity (Wildman–Crippen MR) is 246 cm³/mol. The van der Waals surface area contributed by atoms with Crippen molar-refractivity contribution in [3.8, 4) is 78.1 Å². The second-order valence-electron chi connectivity index (χ2n) is 17.8. The summed E-state index contributed by atoms with van der Waals surface area (Å²) in [7, 11) is 0. The lowest BCUT2D eigenvalue weighted by Gasteiger charge is -2.61. The van der Waals surface area contributed by atoms with Gasteiger partial charge >= 0.3 is 0 Å². The molecule has 1 aromatic heterocycles. The topological polar surface area (TPSA) is 17.2 Å². The van der Waals surface area contributed by atoms with Gasteiger partial charge in [-0.2, -0.15) is 0 Å². The molecular weight excluding hydrogens is 725 g/mol. The number of pyridine rings is 1. The van der Waals surface area contributed by atoms with Gasteiger partial charge in [-0.3, -0.25) is 0 Å². The van der Waals surface area contributed by atoms with E-state index in [-0.39, 0.29) is 5.41 Å². The maximum atomic E-state index is 7.58. The summed E-state index contributed by atoms with van der Waals surface area (Å²) in [6.07, 6.45) is 6.77. The lowest BCUT2D eigenvalue weighted by atomic mass is 9.43. The summed E-state index contributed by atoms with van der Waals surface area (Å²) < 4.78 is 0. The van der Waals surface area contributed by atoms with Crippen molar-refractivity contribution in [2.75, 3.05) is 0 Å². The molecule has 286 valence electrons. The SMILES string of the molecule is [C-]#[N+]c1ccc(-c2cccc3c2-c2ccc(-c4cc(-c5ccc(-c6ccccc6)cc5)nc(-c5ccc(-c6ccccc6)cc5)c4)cc2C32C3CC4CC(C3)CC2C4)cc1. The molecular formula is C58H44N2. The van der Waals surface area contributed by atoms with Crippen LogP contribution < -0.4 is 0 Å². The fraction of sp³-hybridized carbons (Fsp3) is 0.172. The van der Waals surface area contributed by atoms with Crippen LogP contribution in [0.4, 0.5) is 5.69 Å². The Bertz CT molecular complexity index is 2830. The number of benzene rings is 7. The van der Waals surface area contributed by atoms with E-state index in [1.54, 1.807) is 5.56 Å². The van der Waals surface area contributed by atoms with Crippen molar-refractivity contribution in [1.82, 2.24) is 4.98 Å². The van der Waals surface area contributed by atoms with Crippen LogP contribution in [-0.4, -0.2) is 4.98 Å².